The molecule has 0 spiro atoms. The summed E-state index contributed by atoms with van der Waals surface area (Å²) >= 11 is 0. The molecule has 2 heterocycles. The van der Waals surface area contributed by atoms with Crippen molar-refractivity contribution in [2.75, 3.05) is 0 Å². The first-order valence-corrected chi connectivity index (χ1v) is 5.77. The lowest BCUT2D eigenvalue weighted by atomic mass is 10.2. The van der Waals surface area contributed by atoms with E-state index in [2.05, 4.69) is 4.98 Å². The molecule has 0 saturated carbocycles. The van der Waals surface area contributed by atoms with E-state index in [9.17, 15) is 17.6 Å². The summed E-state index contributed by atoms with van der Waals surface area (Å²) in [6.07, 6.45) is -3.49. The number of hydrogen-bond donors (Lipinski definition) is 1. The molecule has 19 heavy (non-hydrogen) atoms. The van der Waals surface area contributed by atoms with E-state index in [4.69, 9.17) is 5.73 Å². The highest BCUT2D eigenvalue weighted by atomic mass is 19.4. The van der Waals surface area contributed by atoms with Gasteiger partial charge in [0, 0.05) is 11.9 Å². The van der Waals surface area contributed by atoms with Crippen LogP contribution in [0.5, 0.6) is 0 Å². The maximum atomic E-state index is 13.0. The largest absolute Gasteiger partial charge is 0.409 e. The van der Waals surface area contributed by atoms with E-state index in [-0.39, 0.29) is 17.0 Å². The number of fused-ring (bicyclic) bond motifs is 1. The average Bonchev–Trinajstić information content (AvgIpc) is 2.67. The topological polar surface area (TPSA) is 43.3 Å². The van der Waals surface area contributed by atoms with Gasteiger partial charge in [0.05, 0.1) is 5.69 Å². The molecular formula is C12H15F4N3. The lowest BCUT2D eigenvalue weighted by molar-refractivity contribution is -0.150. The molecule has 106 valence electrons. The second kappa shape index (κ2) is 5.56. The molecule has 2 aromatic rings. The van der Waals surface area contributed by atoms with Gasteiger partial charge in [-0.1, -0.05) is 13.8 Å². The van der Waals surface area contributed by atoms with Gasteiger partial charge in [-0.2, -0.15) is 13.2 Å². The minimum atomic E-state index is -4.57. The third kappa shape index (κ3) is 3.04. The second-order valence-corrected chi connectivity index (χ2v) is 3.68. The fourth-order valence-electron chi connectivity index (χ4n) is 1.60. The molecule has 2 aromatic heterocycles. The molecule has 1 unspecified atom stereocenters. The highest BCUT2D eigenvalue weighted by molar-refractivity contribution is 5.44. The molecule has 0 aromatic carbocycles. The number of hydrogen-bond acceptors (Lipinski definition) is 2. The van der Waals surface area contributed by atoms with Crippen molar-refractivity contribution in [1.29, 1.82) is 0 Å². The van der Waals surface area contributed by atoms with Crippen LogP contribution in [-0.2, 0) is 0 Å². The van der Waals surface area contributed by atoms with E-state index < -0.39 is 18.0 Å². The van der Waals surface area contributed by atoms with Gasteiger partial charge >= 0.3 is 6.18 Å². The van der Waals surface area contributed by atoms with Crippen molar-refractivity contribution < 1.29 is 17.6 Å². The van der Waals surface area contributed by atoms with Crippen molar-refractivity contribution in [3.63, 3.8) is 0 Å². The van der Waals surface area contributed by atoms with Crippen molar-refractivity contribution in [3.8, 4) is 0 Å². The Balaban J connectivity index is 0.000000861. The average molecular weight is 277 g/mol. The number of rotatable bonds is 1. The van der Waals surface area contributed by atoms with Crippen molar-refractivity contribution >= 4 is 5.65 Å². The van der Waals surface area contributed by atoms with Crippen molar-refractivity contribution in [2.24, 2.45) is 5.73 Å². The second-order valence-electron chi connectivity index (χ2n) is 3.68. The van der Waals surface area contributed by atoms with E-state index in [1.165, 1.54) is 17.4 Å². The summed E-state index contributed by atoms with van der Waals surface area (Å²) in [6, 6.07) is 0.269. The molecule has 0 fully saturated rings. The maximum Gasteiger partial charge on any atom is 0.409 e. The lowest BCUT2D eigenvalue weighted by Crippen LogP contribution is -2.29. The monoisotopic (exact) mass is 277 g/mol. The Hall–Kier alpha value is -1.63. The van der Waals surface area contributed by atoms with Gasteiger partial charge in [-0.05, 0) is 19.1 Å². The van der Waals surface area contributed by atoms with Crippen LogP contribution in [0.15, 0.2) is 18.3 Å². The van der Waals surface area contributed by atoms with Crippen molar-refractivity contribution in [1.82, 2.24) is 9.38 Å². The maximum absolute atomic E-state index is 13.0. The number of aromatic nitrogens is 2. The lowest BCUT2D eigenvalue weighted by Gasteiger charge is -2.13. The first-order valence-electron chi connectivity index (χ1n) is 5.77. The Morgan fingerprint density at radius 1 is 1.26 bits per heavy atom. The number of pyridine rings is 1. The van der Waals surface area contributed by atoms with Gasteiger partial charge in [-0.15, -0.1) is 0 Å². The molecule has 0 aliphatic rings. The number of nitrogens with two attached hydrogens (primary N) is 1. The van der Waals surface area contributed by atoms with Crippen LogP contribution in [-0.4, -0.2) is 15.6 Å². The molecular weight excluding hydrogens is 262 g/mol. The predicted octanol–water partition coefficient (Wildman–Crippen LogP) is 3.37. The molecule has 2 rings (SSSR count). The van der Waals surface area contributed by atoms with E-state index in [1.807, 2.05) is 13.8 Å². The van der Waals surface area contributed by atoms with Gasteiger partial charge in [-0.3, -0.25) is 0 Å². The Kier molecular flexibility index (Phi) is 4.52. The summed E-state index contributed by atoms with van der Waals surface area (Å²) < 4.78 is 51.6. The zero-order chi connectivity index (χ0) is 14.8. The van der Waals surface area contributed by atoms with E-state index in [0.29, 0.717) is 0 Å². The SMILES string of the molecule is CC.Cc1c(C(N)C(F)(F)F)nc2ccc(F)cn12. The number of halogens is 4. The summed E-state index contributed by atoms with van der Waals surface area (Å²) in [5.41, 5.74) is 5.21. The van der Waals surface area contributed by atoms with Crippen LogP contribution >= 0.6 is 0 Å². The Bertz CT molecular complexity index is 560. The fourth-order valence-corrected chi connectivity index (χ4v) is 1.60. The minimum absolute atomic E-state index is 0.185. The molecule has 3 nitrogen and oxygen atoms in total. The Morgan fingerprint density at radius 3 is 2.37 bits per heavy atom. The third-order valence-corrected chi connectivity index (χ3v) is 2.51. The first-order chi connectivity index (χ1) is 8.80. The highest BCUT2D eigenvalue weighted by Gasteiger charge is 2.40. The van der Waals surface area contributed by atoms with Gasteiger partial charge < -0.3 is 10.1 Å². The van der Waals surface area contributed by atoms with E-state index in [1.54, 1.807) is 0 Å². The molecule has 0 aliphatic carbocycles. The normalized spacial score (nSPS) is 13.1. The van der Waals surface area contributed by atoms with Crippen LogP contribution < -0.4 is 5.73 Å². The van der Waals surface area contributed by atoms with Gasteiger partial charge in [-0.25, -0.2) is 9.37 Å². The van der Waals surface area contributed by atoms with Crippen LogP contribution in [0.2, 0.25) is 0 Å². The molecule has 0 amide bonds. The van der Waals surface area contributed by atoms with Crippen molar-refractivity contribution in [3.05, 3.63) is 35.5 Å². The Labute approximate surface area is 108 Å². The molecule has 0 bridgehead atoms. The summed E-state index contributed by atoms with van der Waals surface area (Å²) in [7, 11) is 0. The number of nitrogens with zero attached hydrogens (tertiary/aromatic N) is 2. The standard InChI is InChI=1S/C10H9F4N3.C2H6/c1-5-8(9(15)10(12,13)14)16-7-3-2-6(11)4-17(5)7;1-2/h2-4,9H,15H2,1H3;1-2H3. The summed E-state index contributed by atoms with van der Waals surface area (Å²) in [5.74, 6) is -0.551. The third-order valence-electron chi connectivity index (χ3n) is 2.51. The van der Waals surface area contributed by atoms with Gasteiger partial charge in [0.2, 0.25) is 0 Å². The molecule has 7 heteroatoms. The van der Waals surface area contributed by atoms with Crippen LogP contribution in [0.3, 0.4) is 0 Å². The van der Waals surface area contributed by atoms with Crippen LogP contribution in [0.25, 0.3) is 5.65 Å². The van der Waals surface area contributed by atoms with Gasteiger partial charge in [0.25, 0.3) is 0 Å². The minimum Gasteiger partial charge on any atom is -0.315 e. The first kappa shape index (κ1) is 15.4. The molecule has 0 radical (unpaired) electrons. The summed E-state index contributed by atoms with van der Waals surface area (Å²) in [6.45, 7) is 5.42. The van der Waals surface area contributed by atoms with Crippen molar-refractivity contribution in [2.45, 2.75) is 33.0 Å². The number of alkyl halides is 3. The van der Waals surface area contributed by atoms with Gasteiger partial charge in [0.1, 0.15) is 17.5 Å². The molecule has 0 aliphatic heterocycles. The highest BCUT2D eigenvalue weighted by Crippen LogP contribution is 2.31. The van der Waals surface area contributed by atoms with E-state index >= 15 is 0 Å². The smallest absolute Gasteiger partial charge is 0.315 e. The number of aryl methyl sites for hydroxylation is 1. The molecule has 1 atom stereocenters. The zero-order valence-corrected chi connectivity index (χ0v) is 10.8. The van der Waals surface area contributed by atoms with Crippen LogP contribution in [0.4, 0.5) is 17.6 Å². The quantitative estimate of drug-likeness (QED) is 0.812. The Morgan fingerprint density at radius 2 is 1.84 bits per heavy atom. The summed E-state index contributed by atoms with van der Waals surface area (Å²) in [5, 5.41) is 0. The zero-order valence-electron chi connectivity index (χ0n) is 10.8. The fraction of sp³-hybridized carbons (Fsp3) is 0.417. The summed E-state index contributed by atoms with van der Waals surface area (Å²) in [4.78, 5) is 3.77. The van der Waals surface area contributed by atoms with Crippen LogP contribution in [0.1, 0.15) is 31.3 Å². The van der Waals surface area contributed by atoms with Gasteiger partial charge in [0.15, 0.2) is 0 Å². The number of imidazole rings is 1. The van der Waals surface area contributed by atoms with Crippen LogP contribution in [0, 0.1) is 12.7 Å². The molecule has 0 saturated heterocycles. The van der Waals surface area contributed by atoms with E-state index in [0.717, 1.165) is 12.3 Å². The molecule has 2 N–H and O–H groups in total. The predicted molar refractivity (Wildman–Crippen MR) is 64.2 cm³/mol.